The van der Waals surface area contributed by atoms with E-state index in [4.69, 9.17) is 4.52 Å². The van der Waals surface area contributed by atoms with Crippen molar-refractivity contribution in [3.8, 4) is 0 Å². The largest absolute Gasteiger partial charge is 0.361 e. The molecule has 0 spiro atoms. The second-order valence-corrected chi connectivity index (χ2v) is 8.06. The monoisotopic (exact) mass is 335 g/mol. The first kappa shape index (κ1) is 16.0. The van der Waals surface area contributed by atoms with E-state index in [2.05, 4.69) is 10.1 Å². The zero-order valence-electron chi connectivity index (χ0n) is 13.6. The third-order valence-corrected chi connectivity index (χ3v) is 5.84. The van der Waals surface area contributed by atoms with Crippen molar-refractivity contribution in [1.29, 1.82) is 0 Å². The molecular formula is C16H21N3O3S. The minimum absolute atomic E-state index is 0.152. The topological polar surface area (TPSA) is 66.7 Å². The molecule has 0 radical (unpaired) electrons. The number of rotatable bonds is 4. The van der Waals surface area contributed by atoms with Crippen molar-refractivity contribution < 1.29 is 12.9 Å². The molecule has 0 fully saturated rings. The predicted octanol–water partition coefficient (Wildman–Crippen LogP) is 1.81. The average molecular weight is 335 g/mol. The average Bonchev–Trinajstić information content (AvgIpc) is 2.90. The summed E-state index contributed by atoms with van der Waals surface area (Å²) in [6.07, 6.45) is 0.845. The van der Waals surface area contributed by atoms with Crippen LogP contribution in [0.15, 0.2) is 34.9 Å². The van der Waals surface area contributed by atoms with Crippen LogP contribution in [0.1, 0.15) is 17.0 Å². The number of hydrogen-bond donors (Lipinski definition) is 0. The summed E-state index contributed by atoms with van der Waals surface area (Å²) >= 11 is 0. The second kappa shape index (κ2) is 5.98. The summed E-state index contributed by atoms with van der Waals surface area (Å²) in [4.78, 5) is 2.07. The van der Waals surface area contributed by atoms with Crippen LogP contribution in [0.25, 0.3) is 0 Å². The number of aromatic nitrogens is 1. The third kappa shape index (κ3) is 3.25. The first-order valence-electron chi connectivity index (χ1n) is 7.54. The van der Waals surface area contributed by atoms with Gasteiger partial charge in [-0.25, -0.2) is 8.42 Å². The molecule has 1 atom stereocenters. The highest BCUT2D eigenvalue weighted by Crippen LogP contribution is 2.31. The molecular weight excluding hydrogens is 314 g/mol. The Morgan fingerprint density at radius 2 is 2.09 bits per heavy atom. The molecule has 2 heterocycles. The molecule has 0 N–H and O–H groups in total. The van der Waals surface area contributed by atoms with E-state index >= 15 is 0 Å². The lowest BCUT2D eigenvalue weighted by atomic mass is 9.99. The molecule has 1 unspecified atom stereocenters. The first-order chi connectivity index (χ1) is 10.9. The van der Waals surface area contributed by atoms with E-state index < -0.39 is 10.0 Å². The Hall–Kier alpha value is -1.86. The quantitative estimate of drug-likeness (QED) is 0.852. The van der Waals surface area contributed by atoms with Crippen LogP contribution in [-0.2, 0) is 22.2 Å². The highest BCUT2D eigenvalue weighted by molar-refractivity contribution is 7.92. The molecule has 6 nitrogen and oxygen atoms in total. The van der Waals surface area contributed by atoms with E-state index in [0.717, 1.165) is 17.7 Å². The predicted molar refractivity (Wildman–Crippen MR) is 88.8 cm³/mol. The molecule has 2 aromatic rings. The summed E-state index contributed by atoms with van der Waals surface area (Å²) in [5.41, 5.74) is 2.26. The molecule has 1 aromatic carbocycles. The summed E-state index contributed by atoms with van der Waals surface area (Å²) in [6.45, 7) is 2.20. The standard InChI is InChI=1S/C16H21N3O3S/c1-12-8-14(17-22-12)11-23(20,21)19-10-15(18(2)3)9-13-6-4-5-7-16(13)19/h4-8,15H,9-11H2,1-3H3. The zero-order chi connectivity index (χ0) is 16.6. The van der Waals surface area contributed by atoms with Crippen LogP contribution in [0, 0.1) is 6.92 Å². The van der Waals surface area contributed by atoms with Gasteiger partial charge in [-0.3, -0.25) is 4.31 Å². The Morgan fingerprint density at radius 1 is 1.35 bits per heavy atom. The lowest BCUT2D eigenvalue weighted by Gasteiger charge is -2.37. The minimum atomic E-state index is -3.52. The summed E-state index contributed by atoms with van der Waals surface area (Å²) < 4.78 is 32.3. The summed E-state index contributed by atoms with van der Waals surface area (Å²) in [7, 11) is 0.434. The Kier molecular flexibility index (Phi) is 4.16. The number of likely N-dealkylation sites (N-methyl/N-ethyl adjacent to an activating group) is 1. The molecule has 0 aliphatic carbocycles. The van der Waals surface area contributed by atoms with Gasteiger partial charge in [0.05, 0.1) is 5.69 Å². The molecule has 124 valence electrons. The van der Waals surface area contributed by atoms with Crippen molar-refractivity contribution in [2.45, 2.75) is 25.1 Å². The maximum Gasteiger partial charge on any atom is 0.241 e. The van der Waals surface area contributed by atoms with E-state index in [0.29, 0.717) is 18.0 Å². The molecule has 23 heavy (non-hydrogen) atoms. The number of fused-ring (bicyclic) bond motifs is 1. The molecule has 3 rings (SSSR count). The van der Waals surface area contributed by atoms with E-state index in [1.807, 2.05) is 38.4 Å². The fourth-order valence-electron chi connectivity index (χ4n) is 2.89. The molecule has 0 saturated heterocycles. The molecule has 1 aromatic heterocycles. The van der Waals surface area contributed by atoms with Crippen LogP contribution >= 0.6 is 0 Å². The van der Waals surface area contributed by atoms with E-state index in [1.165, 1.54) is 4.31 Å². The van der Waals surface area contributed by atoms with Crippen LogP contribution < -0.4 is 4.31 Å². The zero-order valence-corrected chi connectivity index (χ0v) is 14.4. The van der Waals surface area contributed by atoms with Crippen molar-refractivity contribution in [3.05, 3.63) is 47.3 Å². The van der Waals surface area contributed by atoms with Gasteiger partial charge in [0, 0.05) is 18.7 Å². The minimum Gasteiger partial charge on any atom is -0.361 e. The van der Waals surface area contributed by atoms with Gasteiger partial charge in [0.25, 0.3) is 0 Å². The molecule has 0 saturated carbocycles. The van der Waals surface area contributed by atoms with Crippen molar-refractivity contribution >= 4 is 15.7 Å². The van der Waals surface area contributed by atoms with Gasteiger partial charge < -0.3 is 9.42 Å². The van der Waals surface area contributed by atoms with Crippen molar-refractivity contribution in [2.24, 2.45) is 0 Å². The lowest BCUT2D eigenvalue weighted by molar-refractivity contribution is 0.293. The maximum atomic E-state index is 12.9. The van der Waals surface area contributed by atoms with Gasteiger partial charge in [0.15, 0.2) is 0 Å². The number of para-hydroxylation sites is 1. The smallest absolute Gasteiger partial charge is 0.241 e. The van der Waals surface area contributed by atoms with Crippen molar-refractivity contribution in [1.82, 2.24) is 10.1 Å². The Balaban J connectivity index is 1.96. The summed E-state index contributed by atoms with van der Waals surface area (Å²) in [6, 6.07) is 9.50. The number of hydrogen-bond acceptors (Lipinski definition) is 5. The molecule has 1 aliphatic rings. The van der Waals surface area contributed by atoms with Crippen LogP contribution in [0.2, 0.25) is 0 Å². The van der Waals surface area contributed by atoms with Crippen LogP contribution in [0.3, 0.4) is 0 Å². The van der Waals surface area contributed by atoms with Gasteiger partial charge >= 0.3 is 0 Å². The first-order valence-corrected chi connectivity index (χ1v) is 9.14. The Labute approximate surface area is 136 Å². The van der Waals surface area contributed by atoms with Gasteiger partial charge in [-0.1, -0.05) is 23.4 Å². The van der Waals surface area contributed by atoms with E-state index in [-0.39, 0.29) is 11.8 Å². The van der Waals surface area contributed by atoms with Crippen LogP contribution in [-0.4, -0.2) is 45.2 Å². The second-order valence-electron chi connectivity index (χ2n) is 6.17. The van der Waals surface area contributed by atoms with Crippen LogP contribution in [0.5, 0.6) is 0 Å². The fourth-order valence-corrected chi connectivity index (χ4v) is 4.44. The highest BCUT2D eigenvalue weighted by atomic mass is 32.2. The Morgan fingerprint density at radius 3 is 2.74 bits per heavy atom. The molecule has 0 amide bonds. The molecule has 1 aliphatic heterocycles. The maximum absolute atomic E-state index is 12.9. The van der Waals surface area contributed by atoms with E-state index in [1.54, 1.807) is 13.0 Å². The normalized spacial score (nSPS) is 18.3. The summed E-state index contributed by atoms with van der Waals surface area (Å²) in [5, 5.41) is 3.81. The number of nitrogens with zero attached hydrogens (tertiary/aromatic N) is 3. The van der Waals surface area contributed by atoms with Crippen LogP contribution in [0.4, 0.5) is 5.69 Å². The molecule has 0 bridgehead atoms. The van der Waals surface area contributed by atoms with Gasteiger partial charge in [-0.05, 0) is 39.1 Å². The Bertz CT molecular complexity index is 798. The number of benzene rings is 1. The number of aryl methyl sites for hydroxylation is 1. The number of anilines is 1. The number of sulfonamides is 1. The van der Waals surface area contributed by atoms with Gasteiger partial charge in [-0.15, -0.1) is 0 Å². The molecule has 7 heteroatoms. The SMILES string of the molecule is Cc1cc(CS(=O)(=O)N2CC(N(C)C)Cc3ccccc32)no1. The van der Waals surface area contributed by atoms with Crippen molar-refractivity contribution in [3.63, 3.8) is 0 Å². The fraction of sp³-hybridized carbons (Fsp3) is 0.438. The van der Waals surface area contributed by atoms with Crippen molar-refractivity contribution in [2.75, 3.05) is 24.9 Å². The summed E-state index contributed by atoms with van der Waals surface area (Å²) in [5.74, 6) is 0.458. The van der Waals surface area contributed by atoms with Gasteiger partial charge in [-0.2, -0.15) is 0 Å². The highest BCUT2D eigenvalue weighted by Gasteiger charge is 2.33. The van der Waals surface area contributed by atoms with Gasteiger partial charge in [0.2, 0.25) is 10.0 Å². The third-order valence-electron chi connectivity index (χ3n) is 4.17. The van der Waals surface area contributed by atoms with E-state index in [9.17, 15) is 8.42 Å². The van der Waals surface area contributed by atoms with Gasteiger partial charge in [0.1, 0.15) is 17.2 Å². The lowest BCUT2D eigenvalue weighted by Crippen LogP contribution is -2.48.